The van der Waals surface area contributed by atoms with Crippen LogP contribution < -0.4 is 10.8 Å². The van der Waals surface area contributed by atoms with E-state index in [0.717, 1.165) is 12.1 Å². The highest BCUT2D eigenvalue weighted by molar-refractivity contribution is 7.80. The fraction of sp³-hybridized carbons (Fsp3) is 0.222. The Bertz CT molecular complexity index is 389. The molecule has 0 aliphatic carbocycles. The highest BCUT2D eigenvalue weighted by Gasteiger charge is 2.17. The maximum atomic E-state index is 13.3. The van der Waals surface area contributed by atoms with Crippen LogP contribution in [-0.2, 0) is 0 Å². The van der Waals surface area contributed by atoms with Gasteiger partial charge in [0.1, 0.15) is 5.82 Å². The molecule has 0 aliphatic rings. The summed E-state index contributed by atoms with van der Waals surface area (Å²) in [5.74, 6) is -0.870. The van der Waals surface area contributed by atoms with Gasteiger partial charge >= 0.3 is 7.12 Å². The zero-order valence-electron chi connectivity index (χ0n) is 8.35. The average Bonchev–Trinajstić information content (AvgIpc) is 2.26. The Labute approximate surface area is 98.0 Å². The molecule has 1 amide bonds. The number of hydrogen-bond acceptors (Lipinski definition) is 4. The molecule has 16 heavy (non-hydrogen) atoms. The van der Waals surface area contributed by atoms with Gasteiger partial charge in [0.2, 0.25) is 0 Å². The van der Waals surface area contributed by atoms with Gasteiger partial charge < -0.3 is 15.4 Å². The number of benzene rings is 1. The third kappa shape index (κ3) is 3.23. The van der Waals surface area contributed by atoms with Crippen molar-refractivity contribution in [2.45, 2.75) is 0 Å². The number of amides is 1. The zero-order valence-corrected chi connectivity index (χ0v) is 9.25. The number of carbonyl (C=O) groups is 1. The summed E-state index contributed by atoms with van der Waals surface area (Å²) in [5.41, 5.74) is -0.148. The summed E-state index contributed by atoms with van der Waals surface area (Å²) in [5, 5.41) is 20.2. The second-order valence-electron chi connectivity index (χ2n) is 3.09. The molecule has 1 aromatic carbocycles. The lowest BCUT2D eigenvalue weighted by atomic mass is 9.79. The van der Waals surface area contributed by atoms with Crippen molar-refractivity contribution in [3.63, 3.8) is 0 Å². The normalized spacial score (nSPS) is 10.0. The molecule has 7 heteroatoms. The maximum absolute atomic E-state index is 13.3. The molecule has 0 atom stereocenters. The van der Waals surface area contributed by atoms with E-state index in [4.69, 9.17) is 10.0 Å². The summed E-state index contributed by atoms with van der Waals surface area (Å²) in [6.07, 6.45) is 0. The molecule has 0 aromatic heterocycles. The summed E-state index contributed by atoms with van der Waals surface area (Å²) >= 11 is 3.90. The van der Waals surface area contributed by atoms with Gasteiger partial charge in [0, 0.05) is 12.3 Å². The van der Waals surface area contributed by atoms with Crippen LogP contribution in [0.1, 0.15) is 10.4 Å². The van der Waals surface area contributed by atoms with Crippen LogP contribution in [-0.4, -0.2) is 35.4 Å². The summed E-state index contributed by atoms with van der Waals surface area (Å²) in [4.78, 5) is 11.5. The first-order chi connectivity index (χ1) is 7.56. The first-order valence-electron chi connectivity index (χ1n) is 4.61. The third-order valence-electron chi connectivity index (χ3n) is 1.93. The van der Waals surface area contributed by atoms with Crippen molar-refractivity contribution in [2.75, 3.05) is 12.3 Å². The Morgan fingerprint density at radius 3 is 2.75 bits per heavy atom. The van der Waals surface area contributed by atoms with Crippen molar-refractivity contribution in [3.8, 4) is 0 Å². The molecule has 0 radical (unpaired) electrons. The Morgan fingerprint density at radius 2 is 2.19 bits per heavy atom. The second-order valence-corrected chi connectivity index (χ2v) is 3.54. The molecule has 0 saturated heterocycles. The van der Waals surface area contributed by atoms with E-state index in [1.807, 2.05) is 0 Å². The van der Waals surface area contributed by atoms with Crippen LogP contribution in [0.2, 0.25) is 0 Å². The van der Waals surface area contributed by atoms with Gasteiger partial charge in [0.25, 0.3) is 5.91 Å². The smallest absolute Gasteiger partial charge is 0.423 e. The number of halogens is 1. The van der Waals surface area contributed by atoms with Crippen molar-refractivity contribution < 1.29 is 19.2 Å². The van der Waals surface area contributed by atoms with Gasteiger partial charge in [-0.15, -0.1) is 0 Å². The number of carbonyl (C=O) groups excluding carboxylic acids is 1. The lowest BCUT2D eigenvalue weighted by Gasteiger charge is -2.06. The standard InChI is InChI=1S/C9H11BFNO3S/c11-8-2-1-6(10(14)15)5-7(8)9(13)12-3-4-16/h1-2,5,14-16H,3-4H2,(H,12,13). The number of rotatable bonds is 4. The molecule has 86 valence electrons. The quantitative estimate of drug-likeness (QED) is 0.412. The Hall–Kier alpha value is -1.05. The van der Waals surface area contributed by atoms with Gasteiger partial charge in [-0.1, -0.05) is 6.07 Å². The summed E-state index contributed by atoms with van der Waals surface area (Å²) in [6.45, 7) is 0.313. The number of hydrogen-bond donors (Lipinski definition) is 4. The van der Waals surface area contributed by atoms with Crippen molar-refractivity contribution >= 4 is 31.1 Å². The summed E-state index contributed by atoms with van der Waals surface area (Å²) < 4.78 is 13.3. The molecule has 3 N–H and O–H groups in total. The first kappa shape index (κ1) is 13.0. The fourth-order valence-electron chi connectivity index (χ4n) is 1.14. The minimum atomic E-state index is -1.72. The predicted octanol–water partition coefficient (Wildman–Crippen LogP) is -0.835. The van der Waals surface area contributed by atoms with Gasteiger partial charge in [-0.3, -0.25) is 4.79 Å². The predicted molar refractivity (Wildman–Crippen MR) is 62.4 cm³/mol. The van der Waals surface area contributed by atoms with Crippen LogP contribution in [0.5, 0.6) is 0 Å². The summed E-state index contributed by atoms with van der Waals surface area (Å²) in [7, 11) is -1.72. The molecule has 0 spiro atoms. The Balaban J connectivity index is 2.93. The number of nitrogens with one attached hydrogen (secondary N) is 1. The van der Waals surface area contributed by atoms with E-state index < -0.39 is 18.8 Å². The highest BCUT2D eigenvalue weighted by atomic mass is 32.1. The zero-order chi connectivity index (χ0) is 12.1. The fourth-order valence-corrected chi connectivity index (χ4v) is 1.25. The maximum Gasteiger partial charge on any atom is 0.488 e. The minimum Gasteiger partial charge on any atom is -0.423 e. The largest absolute Gasteiger partial charge is 0.488 e. The van der Waals surface area contributed by atoms with Crippen molar-refractivity contribution in [3.05, 3.63) is 29.6 Å². The first-order valence-corrected chi connectivity index (χ1v) is 5.24. The van der Waals surface area contributed by atoms with Crippen molar-refractivity contribution in [1.82, 2.24) is 5.32 Å². The van der Waals surface area contributed by atoms with Crippen LogP contribution in [0.25, 0.3) is 0 Å². The van der Waals surface area contributed by atoms with Gasteiger partial charge in [0.15, 0.2) is 0 Å². The number of thiol groups is 1. The van der Waals surface area contributed by atoms with E-state index in [0.29, 0.717) is 12.3 Å². The van der Waals surface area contributed by atoms with Crippen LogP contribution in [0, 0.1) is 5.82 Å². The van der Waals surface area contributed by atoms with E-state index in [1.54, 1.807) is 0 Å². The summed E-state index contributed by atoms with van der Waals surface area (Å²) in [6, 6.07) is 3.33. The van der Waals surface area contributed by atoms with E-state index in [9.17, 15) is 9.18 Å². The highest BCUT2D eigenvalue weighted by Crippen LogP contribution is 2.05. The van der Waals surface area contributed by atoms with Gasteiger partial charge in [-0.2, -0.15) is 12.6 Å². The van der Waals surface area contributed by atoms with Crippen LogP contribution in [0.15, 0.2) is 18.2 Å². The Kier molecular flexibility index (Phi) is 4.79. The molecule has 0 heterocycles. The SMILES string of the molecule is O=C(NCCS)c1cc(B(O)O)ccc1F. The van der Waals surface area contributed by atoms with Crippen LogP contribution in [0.4, 0.5) is 4.39 Å². The minimum absolute atomic E-state index is 0.0671. The van der Waals surface area contributed by atoms with E-state index in [1.165, 1.54) is 6.07 Å². The monoisotopic (exact) mass is 243 g/mol. The molecule has 1 rings (SSSR count). The molecular formula is C9H11BFNO3S. The van der Waals surface area contributed by atoms with E-state index >= 15 is 0 Å². The van der Waals surface area contributed by atoms with Gasteiger partial charge in [0.05, 0.1) is 5.56 Å². The molecule has 0 saturated carbocycles. The Morgan fingerprint density at radius 1 is 1.50 bits per heavy atom. The molecule has 0 fully saturated rings. The lowest BCUT2D eigenvalue weighted by molar-refractivity contribution is 0.0952. The van der Waals surface area contributed by atoms with E-state index in [2.05, 4.69) is 17.9 Å². The molecule has 0 aliphatic heterocycles. The molecule has 0 bridgehead atoms. The van der Waals surface area contributed by atoms with Gasteiger partial charge in [-0.25, -0.2) is 4.39 Å². The molecule has 4 nitrogen and oxygen atoms in total. The second kappa shape index (κ2) is 5.88. The van der Waals surface area contributed by atoms with Crippen LogP contribution in [0.3, 0.4) is 0 Å². The lowest BCUT2D eigenvalue weighted by Crippen LogP contribution is -2.33. The average molecular weight is 243 g/mol. The van der Waals surface area contributed by atoms with Crippen molar-refractivity contribution in [1.29, 1.82) is 0 Å². The van der Waals surface area contributed by atoms with E-state index in [-0.39, 0.29) is 11.0 Å². The topological polar surface area (TPSA) is 69.6 Å². The molecular weight excluding hydrogens is 232 g/mol. The molecule has 1 aromatic rings. The van der Waals surface area contributed by atoms with Crippen LogP contribution >= 0.6 is 12.6 Å². The van der Waals surface area contributed by atoms with Crippen molar-refractivity contribution in [2.24, 2.45) is 0 Å². The molecule has 0 unspecified atom stereocenters. The third-order valence-corrected chi connectivity index (χ3v) is 2.15. The van der Waals surface area contributed by atoms with Gasteiger partial charge in [-0.05, 0) is 17.6 Å².